The number of nitrogens with zero attached hydrogens (tertiary/aromatic N) is 2. The van der Waals surface area contributed by atoms with E-state index in [1.807, 2.05) is 30.3 Å². The molecule has 130 valence electrons. The number of aliphatic hydroxyl groups is 1. The zero-order valence-electron chi connectivity index (χ0n) is 13.4. The lowest BCUT2D eigenvalue weighted by atomic mass is 10.1. The van der Waals surface area contributed by atoms with Crippen molar-refractivity contribution in [2.24, 2.45) is 0 Å². The van der Waals surface area contributed by atoms with Crippen LogP contribution in [0.15, 0.2) is 30.3 Å². The summed E-state index contributed by atoms with van der Waals surface area (Å²) in [5, 5.41) is 11.7. The molecule has 1 aromatic rings. The second-order valence-electron chi connectivity index (χ2n) is 6.52. The van der Waals surface area contributed by atoms with Crippen molar-refractivity contribution in [3.8, 4) is 0 Å². The van der Waals surface area contributed by atoms with Gasteiger partial charge >= 0.3 is 6.03 Å². The van der Waals surface area contributed by atoms with E-state index in [1.165, 1.54) is 4.90 Å². The fraction of sp³-hybridized carbons (Fsp3) is 0.529. The van der Waals surface area contributed by atoms with E-state index in [0.717, 1.165) is 5.56 Å². The summed E-state index contributed by atoms with van der Waals surface area (Å²) in [6.45, 7) is 0.627. The van der Waals surface area contributed by atoms with Crippen LogP contribution in [-0.2, 0) is 11.3 Å². The van der Waals surface area contributed by atoms with Crippen LogP contribution in [0, 0.1) is 0 Å². The van der Waals surface area contributed by atoms with Crippen molar-refractivity contribution in [3.05, 3.63) is 35.9 Å². The van der Waals surface area contributed by atoms with Crippen LogP contribution in [0.3, 0.4) is 0 Å². The maximum absolute atomic E-state index is 14.0. The molecule has 0 aromatic heterocycles. The molecule has 2 N–H and O–H groups in total. The van der Waals surface area contributed by atoms with Crippen LogP contribution in [0.5, 0.6) is 0 Å². The topological polar surface area (TPSA) is 72.9 Å². The van der Waals surface area contributed by atoms with Gasteiger partial charge in [0.15, 0.2) is 5.67 Å². The molecule has 7 heteroatoms. The lowest BCUT2D eigenvalue weighted by molar-refractivity contribution is -0.129. The van der Waals surface area contributed by atoms with Gasteiger partial charge in [-0.2, -0.15) is 0 Å². The smallest absolute Gasteiger partial charge is 0.318 e. The highest BCUT2D eigenvalue weighted by molar-refractivity contribution is 5.88. The van der Waals surface area contributed by atoms with Gasteiger partial charge < -0.3 is 20.2 Å². The zero-order chi connectivity index (χ0) is 17.2. The summed E-state index contributed by atoms with van der Waals surface area (Å²) in [6, 6.07) is 8.68. The van der Waals surface area contributed by atoms with Gasteiger partial charge in [0, 0.05) is 26.1 Å². The van der Waals surface area contributed by atoms with Crippen LogP contribution in [0.1, 0.15) is 18.4 Å². The van der Waals surface area contributed by atoms with Crippen molar-refractivity contribution in [1.29, 1.82) is 0 Å². The van der Waals surface area contributed by atoms with E-state index in [4.69, 9.17) is 5.11 Å². The molecule has 6 nitrogen and oxygen atoms in total. The molecule has 0 spiro atoms. The molecule has 2 atom stereocenters. The number of hydrogen-bond donors (Lipinski definition) is 2. The van der Waals surface area contributed by atoms with Gasteiger partial charge in [-0.05, 0) is 12.0 Å². The van der Waals surface area contributed by atoms with Crippen molar-refractivity contribution in [2.45, 2.75) is 31.1 Å². The maximum Gasteiger partial charge on any atom is 0.318 e. The molecule has 24 heavy (non-hydrogen) atoms. The van der Waals surface area contributed by atoms with E-state index in [0.29, 0.717) is 19.5 Å². The minimum atomic E-state index is -1.73. The fourth-order valence-electron chi connectivity index (χ4n) is 3.21. The van der Waals surface area contributed by atoms with Crippen LogP contribution in [0.2, 0.25) is 0 Å². The normalized spacial score (nSPS) is 26.9. The summed E-state index contributed by atoms with van der Waals surface area (Å²) in [4.78, 5) is 27.7. The number of amides is 3. The maximum atomic E-state index is 14.0. The van der Waals surface area contributed by atoms with Crippen LogP contribution in [0.4, 0.5) is 9.18 Å². The molecule has 2 saturated heterocycles. The lowest BCUT2D eigenvalue weighted by Gasteiger charge is -2.22. The first-order chi connectivity index (χ1) is 11.5. The van der Waals surface area contributed by atoms with Gasteiger partial charge in [0.1, 0.15) is 6.04 Å². The van der Waals surface area contributed by atoms with Gasteiger partial charge in [0.25, 0.3) is 0 Å². The van der Waals surface area contributed by atoms with E-state index < -0.39 is 24.3 Å². The Morgan fingerprint density at radius 1 is 1.33 bits per heavy atom. The molecule has 1 aromatic carbocycles. The van der Waals surface area contributed by atoms with Crippen molar-refractivity contribution in [3.63, 3.8) is 0 Å². The Kier molecular flexibility index (Phi) is 4.71. The highest BCUT2D eigenvalue weighted by Crippen LogP contribution is 2.25. The summed E-state index contributed by atoms with van der Waals surface area (Å²) in [7, 11) is 0. The molecule has 2 aliphatic heterocycles. The molecule has 3 amide bonds. The molecule has 0 saturated carbocycles. The van der Waals surface area contributed by atoms with Gasteiger partial charge in [-0.1, -0.05) is 30.3 Å². The first-order valence-electron chi connectivity index (χ1n) is 8.19. The average Bonchev–Trinajstić information content (AvgIpc) is 3.15. The molecule has 3 rings (SSSR count). The molecular weight excluding hydrogens is 313 g/mol. The highest BCUT2D eigenvalue weighted by atomic mass is 19.1. The highest BCUT2D eigenvalue weighted by Gasteiger charge is 2.41. The zero-order valence-corrected chi connectivity index (χ0v) is 13.4. The average molecular weight is 335 g/mol. The SMILES string of the molecule is O=C(NC1CCN(Cc2ccccc2)C1=O)N1CCC(F)(CO)C1. The van der Waals surface area contributed by atoms with Gasteiger partial charge in [-0.25, -0.2) is 9.18 Å². The van der Waals surface area contributed by atoms with Crippen LogP contribution in [-0.4, -0.2) is 64.8 Å². The standard InChI is InChI=1S/C17H22FN3O3/c18-17(12-22)7-9-21(11-17)16(24)19-14-6-8-20(15(14)23)10-13-4-2-1-3-5-13/h1-5,14,22H,6-12H2,(H,19,24). The summed E-state index contributed by atoms with van der Waals surface area (Å²) >= 11 is 0. The summed E-state index contributed by atoms with van der Waals surface area (Å²) in [5.74, 6) is -0.111. The third kappa shape index (κ3) is 3.51. The molecule has 0 radical (unpaired) electrons. The van der Waals surface area contributed by atoms with Crippen molar-refractivity contribution < 1.29 is 19.1 Å². The minimum absolute atomic E-state index is 0.111. The van der Waals surface area contributed by atoms with Crippen LogP contribution >= 0.6 is 0 Å². The predicted molar refractivity (Wildman–Crippen MR) is 85.9 cm³/mol. The molecular formula is C17H22FN3O3. The molecule has 0 bridgehead atoms. The lowest BCUT2D eigenvalue weighted by Crippen LogP contribution is -2.48. The molecule has 2 fully saturated rings. The first-order valence-corrected chi connectivity index (χ1v) is 8.19. The van der Waals surface area contributed by atoms with Crippen molar-refractivity contribution >= 4 is 11.9 Å². The molecule has 2 unspecified atom stereocenters. The Hall–Kier alpha value is -2.15. The van der Waals surface area contributed by atoms with E-state index in [2.05, 4.69) is 5.32 Å². The number of urea groups is 1. The first kappa shape index (κ1) is 16.7. The number of benzene rings is 1. The quantitative estimate of drug-likeness (QED) is 0.859. The summed E-state index contributed by atoms with van der Waals surface area (Å²) < 4.78 is 14.0. The number of halogens is 1. The third-order valence-corrected chi connectivity index (χ3v) is 4.69. The number of hydrogen-bond acceptors (Lipinski definition) is 3. The Balaban J connectivity index is 1.53. The van der Waals surface area contributed by atoms with Crippen LogP contribution < -0.4 is 5.32 Å². The number of rotatable bonds is 4. The summed E-state index contributed by atoms with van der Waals surface area (Å²) in [6.07, 6.45) is 0.668. The minimum Gasteiger partial charge on any atom is -0.393 e. The molecule has 0 aliphatic carbocycles. The number of likely N-dealkylation sites (tertiary alicyclic amines) is 2. The van der Waals surface area contributed by atoms with Gasteiger partial charge in [0.2, 0.25) is 5.91 Å². The Bertz CT molecular complexity index is 612. The monoisotopic (exact) mass is 335 g/mol. The van der Waals surface area contributed by atoms with E-state index >= 15 is 0 Å². The Morgan fingerprint density at radius 2 is 2.08 bits per heavy atom. The number of alkyl halides is 1. The molecule has 2 heterocycles. The van der Waals surface area contributed by atoms with Crippen molar-refractivity contribution in [1.82, 2.24) is 15.1 Å². The number of carbonyl (C=O) groups excluding carboxylic acids is 2. The second kappa shape index (κ2) is 6.76. The second-order valence-corrected chi connectivity index (χ2v) is 6.52. The number of aliphatic hydroxyl groups excluding tert-OH is 1. The number of nitrogens with one attached hydrogen (secondary N) is 1. The largest absolute Gasteiger partial charge is 0.393 e. The predicted octanol–water partition coefficient (Wildman–Crippen LogP) is 0.903. The summed E-state index contributed by atoms with van der Waals surface area (Å²) in [5.41, 5.74) is -0.682. The Labute approximate surface area is 140 Å². The molecule has 2 aliphatic rings. The fourth-order valence-corrected chi connectivity index (χ4v) is 3.21. The van der Waals surface area contributed by atoms with E-state index in [-0.39, 0.29) is 25.4 Å². The van der Waals surface area contributed by atoms with Crippen molar-refractivity contribution in [2.75, 3.05) is 26.2 Å². The van der Waals surface area contributed by atoms with E-state index in [1.54, 1.807) is 4.90 Å². The van der Waals surface area contributed by atoms with Gasteiger partial charge in [0.05, 0.1) is 13.2 Å². The number of carbonyl (C=O) groups is 2. The van der Waals surface area contributed by atoms with Gasteiger partial charge in [-0.3, -0.25) is 4.79 Å². The Morgan fingerprint density at radius 3 is 2.75 bits per heavy atom. The van der Waals surface area contributed by atoms with Gasteiger partial charge in [-0.15, -0.1) is 0 Å². The third-order valence-electron chi connectivity index (χ3n) is 4.69. The van der Waals surface area contributed by atoms with E-state index in [9.17, 15) is 14.0 Å². The van der Waals surface area contributed by atoms with Crippen LogP contribution in [0.25, 0.3) is 0 Å².